The van der Waals surface area contributed by atoms with Crippen LogP contribution in [0.25, 0.3) is 0 Å². The van der Waals surface area contributed by atoms with Crippen LogP contribution in [0.1, 0.15) is 38.3 Å². The molecule has 0 spiro atoms. The Bertz CT molecular complexity index is 525. The predicted molar refractivity (Wildman–Crippen MR) is 75.2 cm³/mol. The van der Waals surface area contributed by atoms with Crippen molar-refractivity contribution in [2.75, 3.05) is 7.05 Å². The Morgan fingerprint density at radius 1 is 1.32 bits per heavy atom. The molecular weight excluding hydrogens is 240 g/mol. The number of amides is 2. The molecule has 1 aromatic carbocycles. The quantitative estimate of drug-likeness (QED) is 0.817. The maximum Gasteiger partial charge on any atom is 0.318 e. The second-order valence-corrected chi connectivity index (χ2v) is 6.33. The van der Waals surface area contributed by atoms with Gasteiger partial charge in [-0.15, -0.1) is 0 Å². The van der Waals surface area contributed by atoms with E-state index in [9.17, 15) is 9.90 Å². The van der Waals surface area contributed by atoms with Gasteiger partial charge in [-0.1, -0.05) is 17.7 Å². The molecule has 0 saturated carbocycles. The maximum absolute atomic E-state index is 12.1. The molecule has 1 aromatic rings. The molecule has 19 heavy (non-hydrogen) atoms. The Kier molecular flexibility index (Phi) is 3.00. The molecule has 0 bridgehead atoms. The molecule has 4 nitrogen and oxygen atoms in total. The highest BCUT2D eigenvalue weighted by Gasteiger charge is 2.45. The number of nitrogens with zero attached hydrogens (tertiary/aromatic N) is 1. The highest BCUT2D eigenvalue weighted by molar-refractivity contribution is 5.77. The highest BCUT2D eigenvalue weighted by atomic mass is 16.3. The number of phenolic OH excluding ortho intramolecular Hbond substituents is 1. The van der Waals surface area contributed by atoms with E-state index >= 15 is 0 Å². The van der Waals surface area contributed by atoms with Gasteiger partial charge in [0.15, 0.2) is 0 Å². The number of carbonyl (C=O) groups excluding carboxylic acids is 1. The number of nitrogens with one attached hydrogen (secondary N) is 1. The van der Waals surface area contributed by atoms with E-state index in [1.807, 2.05) is 39.8 Å². The second kappa shape index (κ2) is 4.15. The molecule has 1 heterocycles. The Labute approximate surface area is 114 Å². The van der Waals surface area contributed by atoms with E-state index in [1.165, 1.54) is 0 Å². The van der Waals surface area contributed by atoms with Crippen LogP contribution in [0, 0.1) is 6.92 Å². The van der Waals surface area contributed by atoms with Gasteiger partial charge in [-0.25, -0.2) is 4.79 Å². The third kappa shape index (κ3) is 2.27. The summed E-state index contributed by atoms with van der Waals surface area (Å²) in [6, 6.07) is 5.38. The maximum atomic E-state index is 12.1. The molecule has 2 rings (SSSR count). The Hall–Kier alpha value is -1.71. The summed E-state index contributed by atoms with van der Waals surface area (Å²) >= 11 is 0. The van der Waals surface area contributed by atoms with Crippen LogP contribution < -0.4 is 5.32 Å². The number of carbonyl (C=O) groups is 1. The SMILES string of the molecule is Cc1ccc(O)c(C2(C)CC(C)(C)N(C)C(=O)N2)c1. The normalized spacial score (nSPS) is 26.2. The zero-order valence-electron chi connectivity index (χ0n) is 12.2. The summed E-state index contributed by atoms with van der Waals surface area (Å²) in [6.07, 6.45) is 0.735. The van der Waals surface area contributed by atoms with Crippen LogP contribution in [-0.2, 0) is 5.54 Å². The van der Waals surface area contributed by atoms with Gasteiger partial charge in [0.05, 0.1) is 5.54 Å². The number of urea groups is 1. The van der Waals surface area contributed by atoms with Crippen LogP contribution in [0.4, 0.5) is 4.79 Å². The van der Waals surface area contributed by atoms with Gasteiger partial charge in [-0.05, 0) is 40.2 Å². The molecule has 0 aromatic heterocycles. The molecule has 1 atom stereocenters. The van der Waals surface area contributed by atoms with Crippen molar-refractivity contribution in [1.82, 2.24) is 10.2 Å². The number of aryl methyl sites for hydroxylation is 1. The van der Waals surface area contributed by atoms with Crippen LogP contribution in [0.5, 0.6) is 5.75 Å². The molecule has 0 aliphatic carbocycles. The molecule has 1 saturated heterocycles. The predicted octanol–water partition coefficient (Wildman–Crippen LogP) is 2.74. The van der Waals surface area contributed by atoms with E-state index in [4.69, 9.17) is 0 Å². The van der Waals surface area contributed by atoms with Gasteiger partial charge in [0.1, 0.15) is 5.75 Å². The third-order valence-electron chi connectivity index (χ3n) is 4.13. The molecule has 1 aliphatic heterocycles. The fraction of sp³-hybridized carbons (Fsp3) is 0.533. The van der Waals surface area contributed by atoms with E-state index in [2.05, 4.69) is 5.32 Å². The van der Waals surface area contributed by atoms with Crippen LogP contribution in [-0.4, -0.2) is 28.6 Å². The van der Waals surface area contributed by atoms with Gasteiger partial charge in [0.25, 0.3) is 0 Å². The first-order chi connectivity index (χ1) is 8.66. The highest BCUT2D eigenvalue weighted by Crippen LogP contribution is 2.40. The van der Waals surface area contributed by atoms with E-state index in [0.717, 1.165) is 17.5 Å². The van der Waals surface area contributed by atoms with Crippen molar-refractivity contribution in [2.45, 2.75) is 45.2 Å². The summed E-state index contributed by atoms with van der Waals surface area (Å²) < 4.78 is 0. The standard InChI is InChI=1S/C15H22N2O2/c1-10-6-7-12(18)11(8-10)15(4)9-14(2,3)17(5)13(19)16-15/h6-8,18H,9H2,1-5H3,(H,16,19). The summed E-state index contributed by atoms with van der Waals surface area (Å²) in [5, 5.41) is 13.1. The zero-order chi connectivity index (χ0) is 14.4. The lowest BCUT2D eigenvalue weighted by Gasteiger charge is -2.49. The molecule has 1 aliphatic rings. The van der Waals surface area contributed by atoms with E-state index < -0.39 is 5.54 Å². The minimum absolute atomic E-state index is 0.111. The molecule has 4 heteroatoms. The zero-order valence-corrected chi connectivity index (χ0v) is 12.2. The van der Waals surface area contributed by atoms with Gasteiger partial charge < -0.3 is 15.3 Å². The van der Waals surface area contributed by atoms with Crippen molar-refractivity contribution < 1.29 is 9.90 Å². The molecular formula is C15H22N2O2. The lowest BCUT2D eigenvalue weighted by Crippen LogP contribution is -2.63. The molecule has 1 unspecified atom stereocenters. The summed E-state index contributed by atoms with van der Waals surface area (Å²) in [5.74, 6) is 0.230. The van der Waals surface area contributed by atoms with E-state index in [1.54, 1.807) is 18.0 Å². The first-order valence-corrected chi connectivity index (χ1v) is 6.52. The Morgan fingerprint density at radius 3 is 2.53 bits per heavy atom. The largest absolute Gasteiger partial charge is 0.508 e. The smallest absolute Gasteiger partial charge is 0.318 e. The number of rotatable bonds is 1. The third-order valence-corrected chi connectivity index (χ3v) is 4.13. The van der Waals surface area contributed by atoms with E-state index in [0.29, 0.717) is 0 Å². The van der Waals surface area contributed by atoms with E-state index in [-0.39, 0.29) is 17.3 Å². The minimum atomic E-state index is -0.552. The van der Waals surface area contributed by atoms with Gasteiger partial charge in [-0.2, -0.15) is 0 Å². The average molecular weight is 262 g/mol. The van der Waals surface area contributed by atoms with Crippen LogP contribution in [0.15, 0.2) is 18.2 Å². The van der Waals surface area contributed by atoms with Crippen molar-refractivity contribution in [3.8, 4) is 5.75 Å². The molecule has 0 radical (unpaired) electrons. The molecule has 2 N–H and O–H groups in total. The van der Waals surface area contributed by atoms with Crippen LogP contribution in [0.2, 0.25) is 0 Å². The number of aromatic hydroxyl groups is 1. The van der Waals surface area contributed by atoms with Crippen molar-refractivity contribution in [3.05, 3.63) is 29.3 Å². The summed E-state index contributed by atoms with van der Waals surface area (Å²) in [6.45, 7) is 8.02. The summed E-state index contributed by atoms with van der Waals surface area (Å²) in [4.78, 5) is 13.8. The fourth-order valence-corrected chi connectivity index (χ4v) is 2.88. The Balaban J connectivity index is 2.48. The van der Waals surface area contributed by atoms with Gasteiger partial charge in [-0.3, -0.25) is 0 Å². The fourth-order valence-electron chi connectivity index (χ4n) is 2.88. The van der Waals surface area contributed by atoms with Crippen molar-refractivity contribution in [2.24, 2.45) is 0 Å². The van der Waals surface area contributed by atoms with Crippen molar-refractivity contribution >= 4 is 6.03 Å². The van der Waals surface area contributed by atoms with Crippen molar-refractivity contribution in [1.29, 1.82) is 0 Å². The van der Waals surface area contributed by atoms with Crippen LogP contribution >= 0.6 is 0 Å². The first kappa shape index (κ1) is 13.7. The molecule has 104 valence electrons. The van der Waals surface area contributed by atoms with Gasteiger partial charge in [0, 0.05) is 18.2 Å². The lowest BCUT2D eigenvalue weighted by atomic mass is 9.77. The first-order valence-electron chi connectivity index (χ1n) is 6.52. The second-order valence-electron chi connectivity index (χ2n) is 6.33. The monoisotopic (exact) mass is 262 g/mol. The van der Waals surface area contributed by atoms with Crippen molar-refractivity contribution in [3.63, 3.8) is 0 Å². The molecule has 2 amide bonds. The number of hydrogen-bond acceptors (Lipinski definition) is 2. The van der Waals surface area contributed by atoms with Crippen LogP contribution in [0.3, 0.4) is 0 Å². The van der Waals surface area contributed by atoms with Gasteiger partial charge >= 0.3 is 6.03 Å². The number of hydrogen-bond donors (Lipinski definition) is 2. The Morgan fingerprint density at radius 2 is 1.95 bits per heavy atom. The summed E-state index contributed by atoms with van der Waals surface area (Å²) in [7, 11) is 1.80. The minimum Gasteiger partial charge on any atom is -0.508 e. The number of benzene rings is 1. The lowest BCUT2D eigenvalue weighted by molar-refractivity contribution is 0.0811. The van der Waals surface area contributed by atoms with Gasteiger partial charge in [0.2, 0.25) is 0 Å². The molecule has 1 fully saturated rings. The average Bonchev–Trinajstić information content (AvgIpc) is 2.28. The summed E-state index contributed by atoms with van der Waals surface area (Å²) in [5.41, 5.74) is 1.04. The number of phenols is 1. The topological polar surface area (TPSA) is 52.6 Å².